The zero-order valence-electron chi connectivity index (χ0n) is 16.3. The van der Waals surface area contributed by atoms with Gasteiger partial charge in [0.25, 0.3) is 0 Å². The number of benzene rings is 1. The number of pyridine rings is 1. The van der Waals surface area contributed by atoms with Gasteiger partial charge in [0.2, 0.25) is 5.95 Å². The maximum Gasteiger partial charge on any atom is 0.245 e. The fourth-order valence-corrected chi connectivity index (χ4v) is 2.93. The lowest BCUT2D eigenvalue weighted by Gasteiger charge is -2.20. The average Bonchev–Trinajstić information content (AvgIpc) is 2.67. The first-order chi connectivity index (χ1) is 13.0. The summed E-state index contributed by atoms with van der Waals surface area (Å²) in [5, 5.41) is 14.8. The molecule has 0 aliphatic carbocycles. The summed E-state index contributed by atoms with van der Waals surface area (Å²) < 4.78 is 0. The minimum absolute atomic E-state index is 0.405. The van der Waals surface area contributed by atoms with Crippen LogP contribution in [0.5, 0.6) is 0 Å². The summed E-state index contributed by atoms with van der Waals surface area (Å²) in [6.07, 6.45) is 3.41. The summed E-state index contributed by atoms with van der Waals surface area (Å²) in [7, 11) is 0. The lowest BCUT2D eigenvalue weighted by Crippen LogP contribution is -2.09. The SMILES string of the molecule is CC(C)c1cccc(C(C)C)c1Nc1cnnc(NCc2ccccn2)n1. The molecule has 140 valence electrons. The second-order valence-electron chi connectivity index (χ2n) is 7.09. The van der Waals surface area contributed by atoms with Gasteiger partial charge in [-0.3, -0.25) is 4.98 Å². The first kappa shape index (κ1) is 18.8. The van der Waals surface area contributed by atoms with E-state index in [9.17, 15) is 0 Å². The van der Waals surface area contributed by atoms with Crippen LogP contribution in [-0.2, 0) is 6.54 Å². The molecule has 0 aliphatic rings. The smallest absolute Gasteiger partial charge is 0.245 e. The highest BCUT2D eigenvalue weighted by atomic mass is 15.3. The molecule has 0 radical (unpaired) electrons. The molecule has 6 heteroatoms. The van der Waals surface area contributed by atoms with Gasteiger partial charge in [-0.25, -0.2) is 0 Å². The van der Waals surface area contributed by atoms with Crippen molar-refractivity contribution in [2.24, 2.45) is 0 Å². The number of hydrogen-bond acceptors (Lipinski definition) is 6. The minimum atomic E-state index is 0.405. The van der Waals surface area contributed by atoms with Crippen molar-refractivity contribution in [2.75, 3.05) is 10.6 Å². The monoisotopic (exact) mass is 362 g/mol. The van der Waals surface area contributed by atoms with Crippen molar-refractivity contribution in [3.8, 4) is 0 Å². The minimum Gasteiger partial charge on any atom is -0.347 e. The van der Waals surface area contributed by atoms with Crippen molar-refractivity contribution in [2.45, 2.75) is 46.1 Å². The summed E-state index contributed by atoms with van der Waals surface area (Å²) in [5.74, 6) is 1.95. The van der Waals surface area contributed by atoms with Gasteiger partial charge in [0.1, 0.15) is 0 Å². The van der Waals surface area contributed by atoms with Gasteiger partial charge in [-0.2, -0.15) is 10.1 Å². The van der Waals surface area contributed by atoms with Gasteiger partial charge in [0.05, 0.1) is 18.4 Å². The van der Waals surface area contributed by atoms with E-state index in [1.54, 1.807) is 12.4 Å². The number of para-hydroxylation sites is 1. The third-order valence-electron chi connectivity index (χ3n) is 4.34. The van der Waals surface area contributed by atoms with Gasteiger partial charge in [-0.15, -0.1) is 5.10 Å². The largest absolute Gasteiger partial charge is 0.347 e. The standard InChI is InChI=1S/C21H26N6/c1-14(2)17-9-7-10-18(15(3)4)20(17)25-19-13-24-27-21(26-19)23-12-16-8-5-6-11-22-16/h5-11,13-15H,12H2,1-4H3,(H2,23,25,26,27). The molecule has 0 fully saturated rings. The Hall–Kier alpha value is -3.02. The van der Waals surface area contributed by atoms with Crippen LogP contribution >= 0.6 is 0 Å². The van der Waals surface area contributed by atoms with Crippen molar-refractivity contribution in [3.63, 3.8) is 0 Å². The molecule has 3 aromatic rings. The molecule has 0 bridgehead atoms. The molecule has 1 aromatic carbocycles. The first-order valence-corrected chi connectivity index (χ1v) is 9.28. The number of rotatable bonds is 7. The first-order valence-electron chi connectivity index (χ1n) is 9.28. The van der Waals surface area contributed by atoms with Crippen molar-refractivity contribution in [1.29, 1.82) is 0 Å². The Morgan fingerprint density at radius 3 is 2.30 bits per heavy atom. The molecule has 2 N–H and O–H groups in total. The van der Waals surface area contributed by atoms with E-state index in [0.29, 0.717) is 30.1 Å². The van der Waals surface area contributed by atoms with Gasteiger partial charge in [-0.05, 0) is 35.1 Å². The van der Waals surface area contributed by atoms with Crippen LogP contribution in [0.25, 0.3) is 0 Å². The third-order valence-corrected chi connectivity index (χ3v) is 4.34. The Morgan fingerprint density at radius 1 is 0.926 bits per heavy atom. The fourth-order valence-electron chi connectivity index (χ4n) is 2.93. The molecule has 0 aliphatic heterocycles. The molecule has 2 heterocycles. The van der Waals surface area contributed by atoms with Crippen molar-refractivity contribution in [1.82, 2.24) is 20.2 Å². The Morgan fingerprint density at radius 2 is 1.67 bits per heavy atom. The molecule has 0 saturated heterocycles. The van der Waals surface area contributed by atoms with E-state index < -0.39 is 0 Å². The van der Waals surface area contributed by atoms with E-state index in [-0.39, 0.29) is 0 Å². The van der Waals surface area contributed by atoms with Crippen molar-refractivity contribution >= 4 is 17.5 Å². The zero-order valence-corrected chi connectivity index (χ0v) is 16.3. The molecular weight excluding hydrogens is 336 g/mol. The second-order valence-corrected chi connectivity index (χ2v) is 7.09. The molecule has 0 saturated carbocycles. The number of hydrogen-bond donors (Lipinski definition) is 2. The van der Waals surface area contributed by atoms with Crippen LogP contribution in [-0.4, -0.2) is 20.2 Å². The van der Waals surface area contributed by atoms with E-state index in [0.717, 1.165) is 11.4 Å². The molecular formula is C21H26N6. The third kappa shape index (κ3) is 4.78. The Balaban J connectivity index is 1.82. The number of anilines is 3. The van der Waals surface area contributed by atoms with E-state index in [4.69, 9.17) is 0 Å². The van der Waals surface area contributed by atoms with Crippen LogP contribution < -0.4 is 10.6 Å². The Labute approximate surface area is 160 Å². The number of aromatic nitrogens is 4. The highest BCUT2D eigenvalue weighted by molar-refractivity contribution is 5.66. The number of nitrogens with one attached hydrogen (secondary N) is 2. The highest BCUT2D eigenvalue weighted by Gasteiger charge is 2.14. The van der Waals surface area contributed by atoms with E-state index >= 15 is 0 Å². The summed E-state index contributed by atoms with van der Waals surface area (Å²) >= 11 is 0. The fraction of sp³-hybridized carbons (Fsp3) is 0.333. The molecule has 2 aromatic heterocycles. The van der Waals surface area contributed by atoms with Crippen LogP contribution in [0.15, 0.2) is 48.8 Å². The van der Waals surface area contributed by atoms with Crippen LogP contribution in [0.1, 0.15) is 56.4 Å². The van der Waals surface area contributed by atoms with Gasteiger partial charge >= 0.3 is 0 Å². The van der Waals surface area contributed by atoms with E-state index in [2.05, 4.69) is 76.7 Å². The lowest BCUT2D eigenvalue weighted by atomic mass is 9.92. The Bertz CT molecular complexity index is 851. The van der Waals surface area contributed by atoms with Gasteiger partial charge < -0.3 is 10.6 Å². The summed E-state index contributed by atoms with van der Waals surface area (Å²) in [6, 6.07) is 12.2. The average molecular weight is 362 g/mol. The summed E-state index contributed by atoms with van der Waals surface area (Å²) in [6.45, 7) is 9.34. The van der Waals surface area contributed by atoms with E-state index in [1.165, 1.54) is 11.1 Å². The van der Waals surface area contributed by atoms with Crippen LogP contribution in [0.3, 0.4) is 0 Å². The van der Waals surface area contributed by atoms with Crippen LogP contribution in [0.2, 0.25) is 0 Å². The van der Waals surface area contributed by atoms with Gasteiger partial charge in [0, 0.05) is 11.9 Å². The topological polar surface area (TPSA) is 75.6 Å². The Kier molecular flexibility index (Phi) is 5.96. The maximum absolute atomic E-state index is 4.56. The van der Waals surface area contributed by atoms with E-state index in [1.807, 2.05) is 18.2 Å². The van der Waals surface area contributed by atoms with Gasteiger partial charge in [0.15, 0.2) is 5.82 Å². The molecule has 3 rings (SSSR count). The molecule has 27 heavy (non-hydrogen) atoms. The van der Waals surface area contributed by atoms with Crippen molar-refractivity contribution < 1.29 is 0 Å². The predicted molar refractivity (Wildman–Crippen MR) is 109 cm³/mol. The van der Waals surface area contributed by atoms with Crippen LogP contribution in [0, 0.1) is 0 Å². The lowest BCUT2D eigenvalue weighted by molar-refractivity contribution is 0.837. The van der Waals surface area contributed by atoms with Crippen molar-refractivity contribution in [3.05, 3.63) is 65.6 Å². The summed E-state index contributed by atoms with van der Waals surface area (Å²) in [5.41, 5.74) is 4.57. The molecule has 0 spiro atoms. The van der Waals surface area contributed by atoms with Gasteiger partial charge in [-0.1, -0.05) is 52.0 Å². The maximum atomic E-state index is 4.56. The quantitative estimate of drug-likeness (QED) is 0.624. The molecule has 0 unspecified atom stereocenters. The predicted octanol–water partition coefficient (Wildman–Crippen LogP) is 4.87. The second kappa shape index (κ2) is 8.58. The van der Waals surface area contributed by atoms with Crippen LogP contribution in [0.4, 0.5) is 17.5 Å². The molecule has 0 amide bonds. The molecule has 6 nitrogen and oxygen atoms in total. The zero-order chi connectivity index (χ0) is 19.2. The summed E-state index contributed by atoms with van der Waals surface area (Å²) in [4.78, 5) is 8.85. The number of nitrogens with zero attached hydrogens (tertiary/aromatic N) is 4. The normalized spacial score (nSPS) is 11.0. The molecule has 0 atom stereocenters. The highest BCUT2D eigenvalue weighted by Crippen LogP contribution is 2.34.